The first-order valence-corrected chi connectivity index (χ1v) is 6.70. The van der Waals surface area contributed by atoms with Gasteiger partial charge in [0.25, 0.3) is 5.69 Å². The van der Waals surface area contributed by atoms with Crippen molar-refractivity contribution in [2.75, 3.05) is 25.0 Å². The lowest BCUT2D eigenvalue weighted by Gasteiger charge is -2.32. The fourth-order valence-electron chi connectivity index (χ4n) is 2.46. The van der Waals surface area contributed by atoms with E-state index in [0.717, 1.165) is 32.5 Å². The van der Waals surface area contributed by atoms with Gasteiger partial charge in [-0.3, -0.25) is 10.1 Å². The lowest BCUT2D eigenvalue weighted by molar-refractivity contribution is -0.385. The summed E-state index contributed by atoms with van der Waals surface area (Å²) in [5.41, 5.74) is 0.718. The molecule has 6 nitrogen and oxygen atoms in total. The molecule has 2 heterocycles. The van der Waals surface area contributed by atoms with Crippen LogP contribution in [0.4, 0.5) is 11.5 Å². The molecule has 104 valence electrons. The van der Waals surface area contributed by atoms with Crippen LogP contribution < -0.4 is 5.32 Å². The van der Waals surface area contributed by atoms with Gasteiger partial charge in [0.05, 0.1) is 11.0 Å². The van der Waals surface area contributed by atoms with Crippen molar-refractivity contribution in [3.63, 3.8) is 0 Å². The second kappa shape index (κ2) is 5.97. The maximum Gasteiger partial charge on any atom is 0.277 e. The summed E-state index contributed by atoms with van der Waals surface area (Å²) in [6, 6.07) is 1.85. The molecule has 1 aromatic rings. The molecule has 1 aliphatic heterocycles. The molecule has 1 saturated heterocycles. The second-order valence-corrected chi connectivity index (χ2v) is 4.99. The lowest BCUT2D eigenvalue weighted by Crippen LogP contribution is -2.41. The minimum Gasteiger partial charge on any atom is -0.366 e. The van der Waals surface area contributed by atoms with E-state index >= 15 is 0 Å². The van der Waals surface area contributed by atoms with E-state index < -0.39 is 0 Å². The molecule has 1 atom stereocenters. The van der Waals surface area contributed by atoms with Crippen LogP contribution in [0, 0.1) is 17.0 Å². The molecule has 19 heavy (non-hydrogen) atoms. The van der Waals surface area contributed by atoms with E-state index in [2.05, 4.69) is 22.1 Å². The number of aryl methyl sites for hydroxylation is 1. The van der Waals surface area contributed by atoms with Crippen molar-refractivity contribution in [2.24, 2.45) is 0 Å². The van der Waals surface area contributed by atoms with E-state index in [-0.39, 0.29) is 10.6 Å². The third-order valence-electron chi connectivity index (χ3n) is 3.58. The second-order valence-electron chi connectivity index (χ2n) is 4.99. The molecule has 0 spiro atoms. The Hall–Kier alpha value is -1.69. The number of nitrogens with zero attached hydrogens (tertiary/aromatic N) is 3. The minimum absolute atomic E-state index is 0.126. The highest BCUT2D eigenvalue weighted by molar-refractivity contribution is 5.49. The lowest BCUT2D eigenvalue weighted by atomic mass is 10.1. The van der Waals surface area contributed by atoms with Crippen molar-refractivity contribution in [1.29, 1.82) is 0 Å². The summed E-state index contributed by atoms with van der Waals surface area (Å²) in [7, 11) is 0. The van der Waals surface area contributed by atoms with Gasteiger partial charge in [-0.25, -0.2) is 4.98 Å². The van der Waals surface area contributed by atoms with Crippen LogP contribution in [0.15, 0.2) is 12.3 Å². The molecule has 0 aromatic carbocycles. The zero-order chi connectivity index (χ0) is 13.8. The number of hydrogen-bond donors (Lipinski definition) is 1. The van der Waals surface area contributed by atoms with E-state index in [1.165, 1.54) is 6.07 Å². The van der Waals surface area contributed by atoms with Crippen LogP contribution in [0.2, 0.25) is 0 Å². The van der Waals surface area contributed by atoms with Gasteiger partial charge in [-0.2, -0.15) is 0 Å². The third-order valence-corrected chi connectivity index (χ3v) is 3.58. The zero-order valence-corrected chi connectivity index (χ0v) is 11.4. The molecule has 0 bridgehead atoms. The van der Waals surface area contributed by atoms with Crippen molar-refractivity contribution < 1.29 is 4.92 Å². The number of piperidine rings is 1. The summed E-state index contributed by atoms with van der Waals surface area (Å²) in [6.07, 6.45) is 3.79. The predicted octanol–water partition coefficient (Wildman–Crippen LogP) is 2.19. The Balaban J connectivity index is 2.06. The average Bonchev–Trinajstić information content (AvgIpc) is 2.41. The number of anilines is 1. The van der Waals surface area contributed by atoms with Crippen molar-refractivity contribution in [2.45, 2.75) is 32.7 Å². The summed E-state index contributed by atoms with van der Waals surface area (Å²) in [6.45, 7) is 7.00. The van der Waals surface area contributed by atoms with Gasteiger partial charge in [-0.15, -0.1) is 0 Å². The Morgan fingerprint density at radius 3 is 3.11 bits per heavy atom. The predicted molar refractivity (Wildman–Crippen MR) is 74.4 cm³/mol. The van der Waals surface area contributed by atoms with Crippen LogP contribution in [0.5, 0.6) is 0 Å². The molecule has 0 aliphatic carbocycles. The Morgan fingerprint density at radius 1 is 1.63 bits per heavy atom. The van der Waals surface area contributed by atoms with Gasteiger partial charge in [0.1, 0.15) is 5.82 Å². The Kier molecular flexibility index (Phi) is 4.31. The van der Waals surface area contributed by atoms with E-state index in [0.29, 0.717) is 17.4 Å². The number of aromatic nitrogens is 1. The molecule has 1 aromatic heterocycles. The quantitative estimate of drug-likeness (QED) is 0.666. The molecule has 0 radical (unpaired) electrons. The fourth-order valence-corrected chi connectivity index (χ4v) is 2.46. The van der Waals surface area contributed by atoms with E-state index in [1.807, 2.05) is 0 Å². The Bertz CT molecular complexity index is 464. The van der Waals surface area contributed by atoms with E-state index in [9.17, 15) is 10.1 Å². The molecule has 0 saturated carbocycles. The molecule has 1 aliphatic rings. The van der Waals surface area contributed by atoms with Crippen molar-refractivity contribution in [3.8, 4) is 0 Å². The molecule has 0 amide bonds. The van der Waals surface area contributed by atoms with Crippen LogP contribution in [-0.4, -0.2) is 40.5 Å². The highest BCUT2D eigenvalue weighted by atomic mass is 16.6. The highest BCUT2D eigenvalue weighted by Gasteiger charge is 2.20. The number of rotatable bonds is 4. The minimum atomic E-state index is -0.360. The van der Waals surface area contributed by atoms with Gasteiger partial charge in [0.2, 0.25) is 0 Å². The number of likely N-dealkylation sites (tertiary alicyclic amines) is 1. The first kappa shape index (κ1) is 13.7. The summed E-state index contributed by atoms with van der Waals surface area (Å²) < 4.78 is 0. The maximum atomic E-state index is 10.9. The van der Waals surface area contributed by atoms with E-state index in [4.69, 9.17) is 0 Å². The number of nitrogens with one attached hydrogen (secondary N) is 1. The normalized spacial score (nSPS) is 20.2. The van der Waals surface area contributed by atoms with E-state index in [1.54, 1.807) is 13.1 Å². The van der Waals surface area contributed by atoms with Gasteiger partial charge in [0, 0.05) is 24.3 Å². The Morgan fingerprint density at radius 2 is 2.42 bits per heavy atom. The van der Waals surface area contributed by atoms with Gasteiger partial charge < -0.3 is 10.2 Å². The third kappa shape index (κ3) is 3.41. The van der Waals surface area contributed by atoms with Gasteiger partial charge in [-0.05, 0) is 32.9 Å². The number of likely N-dealkylation sites (N-methyl/N-ethyl adjacent to an activating group) is 1. The molecule has 1 fully saturated rings. The van der Waals surface area contributed by atoms with Gasteiger partial charge >= 0.3 is 0 Å². The molecular weight excluding hydrogens is 244 g/mol. The maximum absolute atomic E-state index is 10.9. The molecule has 2 rings (SSSR count). The largest absolute Gasteiger partial charge is 0.366 e. The first-order chi connectivity index (χ1) is 9.10. The average molecular weight is 264 g/mol. The highest BCUT2D eigenvalue weighted by Crippen LogP contribution is 2.21. The zero-order valence-electron chi connectivity index (χ0n) is 11.4. The summed E-state index contributed by atoms with van der Waals surface area (Å²) in [5.74, 6) is 0.597. The fraction of sp³-hybridized carbons (Fsp3) is 0.615. The molecule has 1 N–H and O–H groups in total. The number of pyridine rings is 1. The van der Waals surface area contributed by atoms with Crippen molar-refractivity contribution >= 4 is 11.5 Å². The topological polar surface area (TPSA) is 71.3 Å². The monoisotopic (exact) mass is 264 g/mol. The standard InChI is InChI=1S/C13H20N4O2/c1-3-16-6-4-5-11(9-16)15-13-7-12(17(18)19)10(2)8-14-13/h7-8,11H,3-6,9H2,1-2H3,(H,14,15). The summed E-state index contributed by atoms with van der Waals surface area (Å²) in [4.78, 5) is 17.2. The van der Waals surface area contributed by atoms with Crippen molar-refractivity contribution in [1.82, 2.24) is 9.88 Å². The van der Waals surface area contributed by atoms with Gasteiger partial charge in [-0.1, -0.05) is 6.92 Å². The Labute approximate surface area is 113 Å². The van der Waals surface area contributed by atoms with Crippen LogP contribution in [-0.2, 0) is 0 Å². The van der Waals surface area contributed by atoms with Gasteiger partial charge in [0.15, 0.2) is 0 Å². The number of nitro groups is 1. The first-order valence-electron chi connectivity index (χ1n) is 6.70. The molecule has 6 heteroatoms. The van der Waals surface area contributed by atoms with Crippen LogP contribution in [0.25, 0.3) is 0 Å². The smallest absolute Gasteiger partial charge is 0.277 e. The summed E-state index contributed by atoms with van der Waals surface area (Å²) in [5, 5.41) is 14.2. The van der Waals surface area contributed by atoms with Crippen molar-refractivity contribution in [3.05, 3.63) is 27.9 Å². The number of hydrogen-bond acceptors (Lipinski definition) is 5. The molecular formula is C13H20N4O2. The molecule has 1 unspecified atom stereocenters. The SMILES string of the molecule is CCN1CCCC(Nc2cc([N+](=O)[O-])c(C)cn2)C1. The van der Waals surface area contributed by atoms with Crippen LogP contribution in [0.1, 0.15) is 25.3 Å². The van der Waals surface area contributed by atoms with Crippen LogP contribution >= 0.6 is 0 Å². The summed E-state index contributed by atoms with van der Waals surface area (Å²) >= 11 is 0. The van der Waals surface area contributed by atoms with Crippen LogP contribution in [0.3, 0.4) is 0 Å².